The van der Waals surface area contributed by atoms with Gasteiger partial charge in [0.15, 0.2) is 5.78 Å². The van der Waals surface area contributed by atoms with Gasteiger partial charge in [0.1, 0.15) is 5.76 Å². The van der Waals surface area contributed by atoms with Crippen molar-refractivity contribution in [1.82, 2.24) is 0 Å². The Morgan fingerprint density at radius 3 is 2.41 bits per heavy atom. The molecule has 0 N–H and O–H groups in total. The molecule has 0 heterocycles. The van der Waals surface area contributed by atoms with Gasteiger partial charge in [-0.1, -0.05) is 0 Å². The van der Waals surface area contributed by atoms with Gasteiger partial charge < -0.3 is 4.74 Å². The Bertz CT molecular complexity index is 711. The fourth-order valence-corrected chi connectivity index (χ4v) is 4.10. The highest BCUT2D eigenvalue weighted by molar-refractivity contribution is 6.30. The minimum atomic E-state index is 0.167. The van der Waals surface area contributed by atoms with Gasteiger partial charge in [-0.15, -0.1) is 0 Å². The Kier molecular flexibility index (Phi) is 4.02. The average molecular weight is 315 g/mol. The average Bonchev–Trinajstić information content (AvgIpc) is 2.90. The van der Waals surface area contributed by atoms with Crippen molar-refractivity contribution in [2.24, 2.45) is 11.8 Å². The van der Waals surface area contributed by atoms with Gasteiger partial charge in [0.25, 0.3) is 0 Å². The Morgan fingerprint density at radius 2 is 1.82 bits per heavy atom. The van der Waals surface area contributed by atoms with Crippen LogP contribution in [0.4, 0.5) is 0 Å². The number of ether oxygens (including phenoxy) is 1. The molecule has 1 aromatic rings. The van der Waals surface area contributed by atoms with Gasteiger partial charge in [0, 0.05) is 22.8 Å². The van der Waals surface area contributed by atoms with Gasteiger partial charge in [-0.3, -0.25) is 4.79 Å². The van der Waals surface area contributed by atoms with E-state index in [2.05, 4.69) is 11.3 Å². The number of methoxy groups -OCH3 is 1. The Morgan fingerprint density at radius 1 is 1.18 bits per heavy atom. The molecule has 1 aromatic carbocycles. The van der Waals surface area contributed by atoms with Crippen molar-refractivity contribution >= 4 is 23.0 Å². The van der Waals surface area contributed by atoms with Gasteiger partial charge in [-0.05, 0) is 79.5 Å². The highest BCUT2D eigenvalue weighted by Gasteiger charge is 2.42. The van der Waals surface area contributed by atoms with Gasteiger partial charge in [0.05, 0.1) is 12.7 Å². The Labute approximate surface area is 136 Å². The molecule has 0 aliphatic heterocycles. The molecule has 0 amide bonds. The van der Waals surface area contributed by atoms with Crippen molar-refractivity contribution in [3.8, 4) is 11.3 Å². The number of fused-ring (bicyclic) bond motifs is 2. The van der Waals surface area contributed by atoms with Crippen LogP contribution < -0.4 is 0 Å². The summed E-state index contributed by atoms with van der Waals surface area (Å²) in [7, 11) is 1.68. The molecular formula is C19H19ClO2. The predicted molar refractivity (Wildman–Crippen MR) is 88.4 cm³/mol. The molecule has 1 saturated carbocycles. The van der Waals surface area contributed by atoms with Crippen molar-refractivity contribution in [1.29, 1.82) is 0 Å². The number of hydrogen-bond donors (Lipinski definition) is 0. The van der Waals surface area contributed by atoms with Crippen LogP contribution >= 0.6 is 11.6 Å². The van der Waals surface area contributed by atoms with E-state index < -0.39 is 0 Å². The van der Waals surface area contributed by atoms with Crippen molar-refractivity contribution in [2.75, 3.05) is 7.11 Å². The molecule has 2 aliphatic carbocycles. The quantitative estimate of drug-likeness (QED) is 0.764. The number of carbonyl (C=O) groups is 1. The SMILES string of the molecule is COC1=C(c2c(C)cc(C#CCl)cc2C)C(=O)C2CCC1C2. The summed E-state index contributed by atoms with van der Waals surface area (Å²) in [5.74, 6) is 4.55. The zero-order valence-electron chi connectivity index (χ0n) is 13.1. The maximum atomic E-state index is 12.9. The second-order valence-electron chi connectivity index (χ2n) is 6.22. The van der Waals surface area contributed by atoms with Crippen molar-refractivity contribution in [3.63, 3.8) is 0 Å². The molecule has 2 unspecified atom stereocenters. The summed E-state index contributed by atoms with van der Waals surface area (Å²) in [4.78, 5) is 12.9. The minimum absolute atomic E-state index is 0.167. The largest absolute Gasteiger partial charge is 0.500 e. The number of ketones is 1. The number of benzene rings is 1. The highest BCUT2D eigenvalue weighted by Crippen LogP contribution is 2.47. The van der Waals surface area contributed by atoms with Crippen molar-refractivity contribution in [2.45, 2.75) is 33.1 Å². The normalized spacial score (nSPS) is 23.4. The molecule has 0 spiro atoms. The molecule has 2 bridgehead atoms. The summed E-state index contributed by atoms with van der Waals surface area (Å²) in [6.45, 7) is 4.04. The minimum Gasteiger partial charge on any atom is -0.500 e. The first-order valence-electron chi connectivity index (χ1n) is 7.62. The number of hydrogen-bond acceptors (Lipinski definition) is 2. The fraction of sp³-hybridized carbons (Fsp3) is 0.421. The first kappa shape index (κ1) is 15.2. The summed E-state index contributed by atoms with van der Waals surface area (Å²) in [5, 5.41) is 2.41. The van der Waals surface area contributed by atoms with E-state index in [1.165, 1.54) is 0 Å². The molecule has 114 valence electrons. The van der Waals surface area contributed by atoms with Gasteiger partial charge >= 0.3 is 0 Å². The van der Waals surface area contributed by atoms with Crippen LogP contribution in [0.3, 0.4) is 0 Å². The fourth-order valence-electron chi connectivity index (χ4n) is 3.99. The van der Waals surface area contributed by atoms with Gasteiger partial charge in [-0.2, -0.15) is 0 Å². The summed E-state index contributed by atoms with van der Waals surface area (Å²) in [5.41, 5.74) is 4.78. The lowest BCUT2D eigenvalue weighted by atomic mass is 9.80. The Balaban J connectivity index is 2.20. The number of Topliss-reactive ketones (excluding diaryl/α,β-unsaturated/α-hetero) is 1. The molecule has 3 rings (SSSR count). The van der Waals surface area contributed by atoms with E-state index in [-0.39, 0.29) is 11.7 Å². The van der Waals surface area contributed by atoms with Crippen LogP contribution in [0.1, 0.15) is 41.5 Å². The number of carbonyl (C=O) groups excluding carboxylic acids is 1. The number of halogens is 1. The van der Waals surface area contributed by atoms with Crippen molar-refractivity contribution < 1.29 is 9.53 Å². The molecule has 0 saturated heterocycles. The lowest BCUT2D eigenvalue weighted by Crippen LogP contribution is -2.23. The van der Waals surface area contributed by atoms with Crippen molar-refractivity contribution in [3.05, 3.63) is 40.1 Å². The summed E-state index contributed by atoms with van der Waals surface area (Å²) in [6.07, 6.45) is 2.98. The zero-order chi connectivity index (χ0) is 15.9. The number of aryl methyl sites for hydroxylation is 2. The summed E-state index contributed by atoms with van der Waals surface area (Å²) < 4.78 is 5.66. The van der Waals surface area contributed by atoms with Gasteiger partial charge in [-0.25, -0.2) is 0 Å². The molecule has 2 atom stereocenters. The molecular weight excluding hydrogens is 296 g/mol. The van der Waals surface area contributed by atoms with E-state index in [0.29, 0.717) is 5.92 Å². The second-order valence-corrected chi connectivity index (χ2v) is 6.41. The molecule has 2 nitrogen and oxygen atoms in total. The third-order valence-corrected chi connectivity index (χ3v) is 4.96. The summed E-state index contributed by atoms with van der Waals surface area (Å²) >= 11 is 5.50. The van der Waals surface area contributed by atoms with Crippen LogP contribution in [0.25, 0.3) is 5.57 Å². The summed E-state index contributed by atoms with van der Waals surface area (Å²) in [6, 6.07) is 3.98. The maximum absolute atomic E-state index is 12.9. The first-order chi connectivity index (χ1) is 10.6. The highest BCUT2D eigenvalue weighted by atomic mass is 35.5. The predicted octanol–water partition coefficient (Wildman–Crippen LogP) is 4.21. The zero-order valence-corrected chi connectivity index (χ0v) is 13.9. The van der Waals surface area contributed by atoms with Crippen LogP contribution in [-0.2, 0) is 9.53 Å². The van der Waals surface area contributed by atoms with Crippen LogP contribution in [0.15, 0.2) is 17.9 Å². The van der Waals surface area contributed by atoms with Crippen LogP contribution in [0, 0.1) is 37.0 Å². The van der Waals surface area contributed by atoms with E-state index in [0.717, 1.165) is 52.8 Å². The molecule has 3 heteroatoms. The smallest absolute Gasteiger partial charge is 0.169 e. The third kappa shape index (κ3) is 2.34. The Hall–Kier alpha value is -1.72. The van der Waals surface area contributed by atoms with Crippen LogP contribution in [-0.4, -0.2) is 12.9 Å². The van der Waals surface area contributed by atoms with E-state index in [9.17, 15) is 4.79 Å². The topological polar surface area (TPSA) is 26.3 Å². The van der Waals surface area contributed by atoms with E-state index in [1.807, 2.05) is 26.0 Å². The monoisotopic (exact) mass is 314 g/mol. The number of rotatable bonds is 2. The molecule has 22 heavy (non-hydrogen) atoms. The van der Waals surface area contributed by atoms with Crippen LogP contribution in [0.5, 0.6) is 0 Å². The van der Waals surface area contributed by atoms with E-state index in [1.54, 1.807) is 7.11 Å². The van der Waals surface area contributed by atoms with Gasteiger partial charge in [0.2, 0.25) is 0 Å². The molecule has 2 aliphatic rings. The molecule has 0 aromatic heterocycles. The molecule has 1 fully saturated rings. The third-order valence-electron chi connectivity index (χ3n) is 4.86. The standard InChI is InChI=1S/C19H19ClO2/c1-11-8-13(6-7-20)9-12(2)16(11)17-18(21)14-4-5-15(10-14)19(17)22-3/h8-9,14-15H,4-5,10H2,1-3H3. The second kappa shape index (κ2) is 5.82. The lowest BCUT2D eigenvalue weighted by Gasteiger charge is -2.26. The number of allylic oxidation sites excluding steroid dienone is 2. The first-order valence-corrected chi connectivity index (χ1v) is 8.00. The van der Waals surface area contributed by atoms with E-state index in [4.69, 9.17) is 16.3 Å². The lowest BCUT2D eigenvalue weighted by molar-refractivity contribution is -0.117. The van der Waals surface area contributed by atoms with E-state index >= 15 is 0 Å². The maximum Gasteiger partial charge on any atom is 0.169 e. The molecule has 0 radical (unpaired) electrons. The van der Waals surface area contributed by atoms with Crippen LogP contribution in [0.2, 0.25) is 0 Å².